The molecule has 0 radical (unpaired) electrons. The minimum atomic E-state index is -0.509. The van der Waals surface area contributed by atoms with E-state index in [0.717, 1.165) is 5.46 Å². The van der Waals surface area contributed by atoms with Gasteiger partial charge in [0.25, 0.3) is 0 Å². The molecule has 0 amide bonds. The van der Waals surface area contributed by atoms with Crippen molar-refractivity contribution in [1.29, 1.82) is 5.26 Å². The Morgan fingerprint density at radius 2 is 1.78 bits per heavy atom. The standard InChI is InChI=1S/C16H23BN4O2/c1-14(2)15(3,4)23-17(22-14)12-6-11(7-18)13(20-8-12)21-9-16(5,19)10-21/h6,8H,9-10,19H2,1-5H3. The van der Waals surface area contributed by atoms with Crippen LogP contribution in [0.4, 0.5) is 5.82 Å². The summed E-state index contributed by atoms with van der Waals surface area (Å²) in [4.78, 5) is 6.49. The summed E-state index contributed by atoms with van der Waals surface area (Å²) in [7, 11) is -0.509. The summed E-state index contributed by atoms with van der Waals surface area (Å²) in [5, 5.41) is 9.46. The van der Waals surface area contributed by atoms with Gasteiger partial charge in [0.05, 0.1) is 16.8 Å². The number of hydrogen-bond donors (Lipinski definition) is 1. The number of hydrogen-bond acceptors (Lipinski definition) is 6. The molecule has 6 nitrogen and oxygen atoms in total. The molecule has 1 aromatic heterocycles. The van der Waals surface area contributed by atoms with Crippen molar-refractivity contribution in [2.24, 2.45) is 5.73 Å². The van der Waals surface area contributed by atoms with Crippen molar-refractivity contribution in [3.8, 4) is 6.07 Å². The zero-order chi connectivity index (χ0) is 17.0. The molecule has 7 heteroatoms. The predicted octanol–water partition coefficient (Wildman–Crippen LogP) is 0.790. The molecule has 2 saturated heterocycles. The lowest BCUT2D eigenvalue weighted by molar-refractivity contribution is 0.00578. The van der Waals surface area contributed by atoms with E-state index in [1.165, 1.54) is 0 Å². The van der Waals surface area contributed by atoms with Crippen LogP contribution in [0.25, 0.3) is 0 Å². The van der Waals surface area contributed by atoms with Crippen LogP contribution in [0.1, 0.15) is 40.2 Å². The second kappa shape index (κ2) is 4.94. The van der Waals surface area contributed by atoms with E-state index < -0.39 is 18.3 Å². The van der Waals surface area contributed by atoms with E-state index in [2.05, 4.69) is 11.1 Å². The first kappa shape index (κ1) is 16.3. The summed E-state index contributed by atoms with van der Waals surface area (Å²) in [6.07, 6.45) is 1.73. The summed E-state index contributed by atoms with van der Waals surface area (Å²) in [6.45, 7) is 11.4. The highest BCUT2D eigenvalue weighted by Gasteiger charge is 2.52. The Kier molecular flexibility index (Phi) is 3.49. The van der Waals surface area contributed by atoms with Crippen molar-refractivity contribution in [3.63, 3.8) is 0 Å². The fourth-order valence-corrected chi connectivity index (χ4v) is 2.89. The van der Waals surface area contributed by atoms with Crippen LogP contribution >= 0.6 is 0 Å². The van der Waals surface area contributed by atoms with Gasteiger partial charge in [0.2, 0.25) is 0 Å². The smallest absolute Gasteiger partial charge is 0.399 e. The van der Waals surface area contributed by atoms with Gasteiger partial charge in [-0.1, -0.05) is 0 Å². The summed E-state index contributed by atoms with van der Waals surface area (Å²) in [6, 6.07) is 4.02. The maximum absolute atomic E-state index is 9.46. The van der Waals surface area contributed by atoms with Crippen LogP contribution in [-0.2, 0) is 9.31 Å². The van der Waals surface area contributed by atoms with Crippen molar-refractivity contribution < 1.29 is 9.31 Å². The molecule has 0 aliphatic carbocycles. The Bertz CT molecular complexity index is 657. The fourth-order valence-electron chi connectivity index (χ4n) is 2.89. The first-order chi connectivity index (χ1) is 10.5. The van der Waals surface area contributed by atoms with Crippen molar-refractivity contribution in [2.75, 3.05) is 18.0 Å². The van der Waals surface area contributed by atoms with Crippen LogP contribution in [0.2, 0.25) is 0 Å². The zero-order valence-electron chi connectivity index (χ0n) is 14.4. The SMILES string of the molecule is CC1(N)CN(c2ncc(B3OC(C)(C)C(C)(C)O3)cc2C#N)C1. The fraction of sp³-hybridized carbons (Fsp3) is 0.625. The minimum absolute atomic E-state index is 0.210. The van der Waals surface area contributed by atoms with Gasteiger partial charge in [-0.25, -0.2) is 4.98 Å². The number of pyridine rings is 1. The maximum Gasteiger partial charge on any atom is 0.496 e. The third-order valence-electron chi connectivity index (χ3n) is 4.94. The normalized spacial score (nSPS) is 24.2. The van der Waals surface area contributed by atoms with Crippen LogP contribution in [-0.4, -0.2) is 41.9 Å². The quantitative estimate of drug-likeness (QED) is 0.813. The molecule has 3 rings (SSSR count). The first-order valence-electron chi connectivity index (χ1n) is 7.84. The van der Waals surface area contributed by atoms with E-state index in [4.69, 9.17) is 15.0 Å². The predicted molar refractivity (Wildman–Crippen MR) is 89.5 cm³/mol. The largest absolute Gasteiger partial charge is 0.496 e. The Labute approximate surface area is 137 Å². The Balaban J connectivity index is 1.85. The van der Waals surface area contributed by atoms with Gasteiger partial charge in [-0.15, -0.1) is 0 Å². The molecule has 1 aromatic rings. The molecule has 0 aromatic carbocycles. The zero-order valence-corrected chi connectivity index (χ0v) is 14.4. The molecule has 2 fully saturated rings. The number of rotatable bonds is 2. The Morgan fingerprint density at radius 3 is 2.26 bits per heavy atom. The molecule has 3 heterocycles. The number of nitrogens with zero attached hydrogens (tertiary/aromatic N) is 3. The molecule has 2 N–H and O–H groups in total. The van der Waals surface area contributed by atoms with Gasteiger partial charge in [0, 0.05) is 30.3 Å². The molecule has 23 heavy (non-hydrogen) atoms. The third kappa shape index (κ3) is 2.71. The van der Waals surface area contributed by atoms with Gasteiger partial charge >= 0.3 is 7.12 Å². The molecule has 0 spiro atoms. The summed E-state index contributed by atoms with van der Waals surface area (Å²) in [5.74, 6) is 0.677. The number of aromatic nitrogens is 1. The lowest BCUT2D eigenvalue weighted by Gasteiger charge is -2.46. The second-order valence-electron chi connectivity index (χ2n) is 7.85. The summed E-state index contributed by atoms with van der Waals surface area (Å²) < 4.78 is 12.0. The first-order valence-corrected chi connectivity index (χ1v) is 7.84. The van der Waals surface area contributed by atoms with Crippen molar-refractivity contribution >= 4 is 18.4 Å². The summed E-state index contributed by atoms with van der Waals surface area (Å²) in [5.41, 5.74) is 6.28. The van der Waals surface area contributed by atoms with E-state index in [1.807, 2.05) is 39.5 Å². The van der Waals surface area contributed by atoms with Crippen LogP contribution in [0.15, 0.2) is 12.3 Å². The highest BCUT2D eigenvalue weighted by Crippen LogP contribution is 2.36. The van der Waals surface area contributed by atoms with Crippen LogP contribution in [0.5, 0.6) is 0 Å². The van der Waals surface area contributed by atoms with E-state index in [1.54, 1.807) is 12.3 Å². The molecular formula is C16H23BN4O2. The topological polar surface area (TPSA) is 84.4 Å². The minimum Gasteiger partial charge on any atom is -0.399 e. The highest BCUT2D eigenvalue weighted by molar-refractivity contribution is 6.62. The van der Waals surface area contributed by atoms with Crippen molar-refractivity contribution in [1.82, 2.24) is 4.98 Å². The van der Waals surface area contributed by atoms with E-state index in [0.29, 0.717) is 24.5 Å². The Morgan fingerprint density at radius 1 is 1.22 bits per heavy atom. The molecule has 0 saturated carbocycles. The van der Waals surface area contributed by atoms with Gasteiger partial charge in [-0.2, -0.15) is 5.26 Å². The molecule has 2 aliphatic rings. The van der Waals surface area contributed by atoms with Crippen LogP contribution < -0.4 is 16.1 Å². The van der Waals surface area contributed by atoms with Gasteiger partial charge in [-0.3, -0.25) is 0 Å². The average molecular weight is 314 g/mol. The van der Waals surface area contributed by atoms with Crippen LogP contribution in [0.3, 0.4) is 0 Å². The lowest BCUT2D eigenvalue weighted by Crippen LogP contribution is -2.66. The van der Waals surface area contributed by atoms with Gasteiger partial charge in [0.1, 0.15) is 11.9 Å². The maximum atomic E-state index is 9.46. The highest BCUT2D eigenvalue weighted by atomic mass is 16.7. The van der Waals surface area contributed by atoms with E-state index in [9.17, 15) is 5.26 Å². The van der Waals surface area contributed by atoms with Gasteiger partial charge in [-0.05, 0) is 40.7 Å². The monoisotopic (exact) mass is 314 g/mol. The summed E-state index contributed by atoms with van der Waals surface area (Å²) >= 11 is 0. The molecular weight excluding hydrogens is 291 g/mol. The second-order valence-corrected chi connectivity index (χ2v) is 7.85. The number of nitriles is 1. The van der Waals surface area contributed by atoms with Crippen LogP contribution in [0, 0.1) is 11.3 Å². The van der Waals surface area contributed by atoms with Gasteiger partial charge < -0.3 is 19.9 Å². The van der Waals surface area contributed by atoms with Crippen molar-refractivity contribution in [2.45, 2.75) is 51.4 Å². The van der Waals surface area contributed by atoms with E-state index >= 15 is 0 Å². The van der Waals surface area contributed by atoms with E-state index in [-0.39, 0.29) is 5.54 Å². The average Bonchev–Trinajstić information content (AvgIpc) is 2.64. The van der Waals surface area contributed by atoms with Crippen molar-refractivity contribution in [3.05, 3.63) is 17.8 Å². The number of anilines is 1. The molecule has 122 valence electrons. The molecule has 0 unspecified atom stereocenters. The number of nitrogens with two attached hydrogens (primary N) is 1. The molecule has 0 bridgehead atoms. The molecule has 2 aliphatic heterocycles. The Hall–Kier alpha value is -1.62. The van der Waals surface area contributed by atoms with Gasteiger partial charge in [0.15, 0.2) is 0 Å². The lowest BCUT2D eigenvalue weighted by atomic mass is 9.79. The third-order valence-corrected chi connectivity index (χ3v) is 4.94. The molecule has 0 atom stereocenters.